The first-order chi connectivity index (χ1) is 12.0. The van der Waals surface area contributed by atoms with Crippen LogP contribution in [-0.2, 0) is 4.79 Å². The zero-order chi connectivity index (χ0) is 17.8. The van der Waals surface area contributed by atoms with E-state index in [0.717, 1.165) is 0 Å². The largest absolute Gasteiger partial charge is 0.486 e. The molecule has 7 heteroatoms. The van der Waals surface area contributed by atoms with Gasteiger partial charge in [-0.1, -0.05) is 17.7 Å². The lowest BCUT2D eigenvalue weighted by molar-refractivity contribution is -0.111. The number of anilines is 1. The van der Waals surface area contributed by atoms with Gasteiger partial charge in [-0.3, -0.25) is 9.59 Å². The van der Waals surface area contributed by atoms with Crippen LogP contribution >= 0.6 is 11.6 Å². The van der Waals surface area contributed by atoms with Crippen LogP contribution in [0.15, 0.2) is 42.5 Å². The lowest BCUT2D eigenvalue weighted by Gasteiger charge is -2.19. The maximum Gasteiger partial charge on any atom is 0.248 e. The van der Waals surface area contributed by atoms with Crippen molar-refractivity contribution < 1.29 is 19.1 Å². The Morgan fingerprint density at radius 1 is 1.16 bits per heavy atom. The molecular weight excluding hydrogens is 344 g/mol. The number of nitrogens with one attached hydrogen (secondary N) is 1. The van der Waals surface area contributed by atoms with E-state index in [2.05, 4.69) is 5.32 Å². The van der Waals surface area contributed by atoms with Crippen LogP contribution in [0.2, 0.25) is 5.02 Å². The third-order valence-electron chi connectivity index (χ3n) is 3.46. The molecule has 1 aliphatic heterocycles. The topological polar surface area (TPSA) is 90.7 Å². The van der Waals surface area contributed by atoms with Gasteiger partial charge < -0.3 is 20.5 Å². The van der Waals surface area contributed by atoms with Crippen LogP contribution in [0, 0.1) is 0 Å². The van der Waals surface area contributed by atoms with Crippen LogP contribution in [0.5, 0.6) is 11.5 Å². The molecule has 0 fully saturated rings. The van der Waals surface area contributed by atoms with E-state index in [1.54, 1.807) is 36.4 Å². The van der Waals surface area contributed by atoms with E-state index in [-0.39, 0.29) is 5.91 Å². The number of hydrogen-bond acceptors (Lipinski definition) is 4. The number of benzene rings is 2. The second-order valence-electron chi connectivity index (χ2n) is 5.29. The van der Waals surface area contributed by atoms with Crippen LogP contribution < -0.4 is 20.5 Å². The highest BCUT2D eigenvalue weighted by Crippen LogP contribution is 2.38. The van der Waals surface area contributed by atoms with Gasteiger partial charge >= 0.3 is 0 Å². The molecule has 128 valence electrons. The molecule has 3 rings (SSSR count). The predicted molar refractivity (Wildman–Crippen MR) is 95.1 cm³/mol. The maximum absolute atomic E-state index is 12.0. The SMILES string of the molecule is NC(=O)c1cccc(NC(=O)/C=C/c2cc(Cl)c3c(c2)OCCO3)c1. The molecule has 2 aromatic rings. The molecule has 6 nitrogen and oxygen atoms in total. The smallest absolute Gasteiger partial charge is 0.248 e. The first-order valence-electron chi connectivity index (χ1n) is 7.51. The third kappa shape index (κ3) is 4.10. The fourth-order valence-corrected chi connectivity index (χ4v) is 2.61. The highest BCUT2D eigenvalue weighted by atomic mass is 35.5. The zero-order valence-electron chi connectivity index (χ0n) is 13.1. The number of carbonyl (C=O) groups excluding carboxylic acids is 2. The van der Waals surface area contributed by atoms with Crippen LogP contribution in [-0.4, -0.2) is 25.0 Å². The van der Waals surface area contributed by atoms with E-state index in [0.29, 0.717) is 46.5 Å². The lowest BCUT2D eigenvalue weighted by Crippen LogP contribution is -2.15. The molecule has 0 unspecified atom stereocenters. The molecule has 0 atom stereocenters. The fourth-order valence-electron chi connectivity index (χ4n) is 2.33. The molecule has 0 bridgehead atoms. The van der Waals surface area contributed by atoms with E-state index in [4.69, 9.17) is 26.8 Å². The quantitative estimate of drug-likeness (QED) is 0.822. The highest BCUT2D eigenvalue weighted by molar-refractivity contribution is 6.32. The number of rotatable bonds is 4. The standard InChI is InChI=1S/C18H15ClN2O4/c19-14-8-11(9-15-17(14)25-7-6-24-15)4-5-16(22)21-13-3-1-2-12(10-13)18(20)23/h1-5,8-10H,6-7H2,(H2,20,23)(H,21,22)/b5-4+. The van der Waals surface area contributed by atoms with Crippen LogP contribution in [0.3, 0.4) is 0 Å². The van der Waals surface area contributed by atoms with Gasteiger partial charge in [0.25, 0.3) is 0 Å². The molecule has 2 aromatic carbocycles. The average Bonchev–Trinajstić information content (AvgIpc) is 2.60. The molecule has 0 saturated heterocycles. The Kier molecular flexibility index (Phi) is 4.90. The van der Waals surface area contributed by atoms with Gasteiger partial charge in [-0.05, 0) is 42.0 Å². The number of fused-ring (bicyclic) bond motifs is 1. The van der Waals surface area contributed by atoms with Crippen LogP contribution in [0.1, 0.15) is 15.9 Å². The van der Waals surface area contributed by atoms with Crippen molar-refractivity contribution in [1.82, 2.24) is 0 Å². The molecule has 2 amide bonds. The van der Waals surface area contributed by atoms with Crippen molar-refractivity contribution in [1.29, 1.82) is 0 Å². The number of primary amides is 1. The van der Waals surface area contributed by atoms with Crippen molar-refractivity contribution in [3.05, 3.63) is 58.6 Å². The van der Waals surface area contributed by atoms with Gasteiger partial charge in [0.05, 0.1) is 5.02 Å². The second kappa shape index (κ2) is 7.27. The van der Waals surface area contributed by atoms with Crippen LogP contribution in [0.4, 0.5) is 5.69 Å². The zero-order valence-corrected chi connectivity index (χ0v) is 13.9. The number of ether oxygens (including phenoxy) is 2. The molecule has 1 aliphatic rings. The summed E-state index contributed by atoms with van der Waals surface area (Å²) in [6.07, 6.45) is 2.97. The number of hydrogen-bond donors (Lipinski definition) is 2. The second-order valence-corrected chi connectivity index (χ2v) is 5.70. The molecule has 0 aromatic heterocycles. The van der Waals surface area contributed by atoms with Crippen molar-refractivity contribution in [2.24, 2.45) is 5.73 Å². The summed E-state index contributed by atoms with van der Waals surface area (Å²) in [5.74, 6) is 0.149. The van der Waals surface area contributed by atoms with Gasteiger partial charge in [0.15, 0.2) is 11.5 Å². The first kappa shape index (κ1) is 16.9. The van der Waals surface area contributed by atoms with Crippen molar-refractivity contribution in [3.8, 4) is 11.5 Å². The number of carbonyl (C=O) groups is 2. The Labute approximate surface area is 149 Å². The van der Waals surface area contributed by atoms with Gasteiger partial charge in [-0.2, -0.15) is 0 Å². The number of amides is 2. The fraction of sp³-hybridized carbons (Fsp3) is 0.111. The molecule has 3 N–H and O–H groups in total. The Morgan fingerprint density at radius 2 is 1.96 bits per heavy atom. The van der Waals surface area contributed by atoms with E-state index >= 15 is 0 Å². The monoisotopic (exact) mass is 358 g/mol. The van der Waals surface area contributed by atoms with E-state index in [1.807, 2.05) is 0 Å². The minimum absolute atomic E-state index is 0.320. The van der Waals surface area contributed by atoms with E-state index in [9.17, 15) is 9.59 Å². The molecule has 0 saturated carbocycles. The normalized spacial score (nSPS) is 12.8. The molecule has 25 heavy (non-hydrogen) atoms. The molecule has 0 spiro atoms. The van der Waals surface area contributed by atoms with Crippen LogP contribution in [0.25, 0.3) is 6.08 Å². The minimum Gasteiger partial charge on any atom is -0.486 e. The van der Waals surface area contributed by atoms with Gasteiger partial charge in [-0.15, -0.1) is 0 Å². The summed E-state index contributed by atoms with van der Waals surface area (Å²) in [5.41, 5.74) is 6.72. The van der Waals surface area contributed by atoms with Gasteiger partial charge in [-0.25, -0.2) is 0 Å². The molecule has 1 heterocycles. The van der Waals surface area contributed by atoms with Crippen molar-refractivity contribution in [2.45, 2.75) is 0 Å². The summed E-state index contributed by atoms with van der Waals surface area (Å²) in [4.78, 5) is 23.2. The van der Waals surface area contributed by atoms with Gasteiger partial charge in [0.2, 0.25) is 11.8 Å². The van der Waals surface area contributed by atoms with Gasteiger partial charge in [0, 0.05) is 17.3 Å². The Balaban J connectivity index is 1.71. The van der Waals surface area contributed by atoms with Crippen molar-refractivity contribution in [2.75, 3.05) is 18.5 Å². The Hall–Kier alpha value is -2.99. The molecule has 0 aliphatic carbocycles. The number of nitrogens with two attached hydrogens (primary N) is 1. The summed E-state index contributed by atoms with van der Waals surface area (Å²) in [5, 5.41) is 3.08. The van der Waals surface area contributed by atoms with Crippen molar-refractivity contribution in [3.63, 3.8) is 0 Å². The average molecular weight is 359 g/mol. The lowest BCUT2D eigenvalue weighted by atomic mass is 10.1. The minimum atomic E-state index is -0.558. The van der Waals surface area contributed by atoms with Gasteiger partial charge in [0.1, 0.15) is 13.2 Å². The summed E-state index contributed by atoms with van der Waals surface area (Å²) in [6, 6.07) is 9.82. The number of halogens is 1. The first-order valence-corrected chi connectivity index (χ1v) is 7.89. The third-order valence-corrected chi connectivity index (χ3v) is 3.74. The van der Waals surface area contributed by atoms with E-state index in [1.165, 1.54) is 12.1 Å². The Morgan fingerprint density at radius 3 is 2.76 bits per heavy atom. The summed E-state index contributed by atoms with van der Waals surface area (Å²) >= 11 is 6.16. The predicted octanol–water partition coefficient (Wildman–Crippen LogP) is 2.86. The summed E-state index contributed by atoms with van der Waals surface area (Å²) in [7, 11) is 0. The molecular formula is C18H15ClN2O4. The summed E-state index contributed by atoms with van der Waals surface area (Å²) < 4.78 is 10.9. The van der Waals surface area contributed by atoms with Crippen molar-refractivity contribution >= 4 is 35.2 Å². The summed E-state index contributed by atoms with van der Waals surface area (Å²) in [6.45, 7) is 0.905. The van der Waals surface area contributed by atoms with E-state index < -0.39 is 5.91 Å². The molecule has 0 radical (unpaired) electrons. The highest BCUT2D eigenvalue weighted by Gasteiger charge is 2.16. The Bertz CT molecular complexity index is 864. The maximum atomic E-state index is 12.0.